The van der Waals surface area contributed by atoms with Gasteiger partial charge in [0.25, 0.3) is 5.91 Å². The summed E-state index contributed by atoms with van der Waals surface area (Å²) in [4.78, 5) is 25.7. The van der Waals surface area contributed by atoms with Crippen molar-refractivity contribution in [2.24, 2.45) is 0 Å². The SMILES string of the molecule is O=C(O)C(F)(F)F.O=C(c1ccccc1F)N1CCCn2c(CN3CCCCC3)nnc2C1. The lowest BCUT2D eigenvalue weighted by Gasteiger charge is -2.25. The van der Waals surface area contributed by atoms with E-state index in [9.17, 15) is 22.4 Å². The molecule has 0 radical (unpaired) electrons. The van der Waals surface area contributed by atoms with Crippen LogP contribution in [0.1, 0.15) is 47.7 Å². The van der Waals surface area contributed by atoms with E-state index in [1.165, 1.54) is 31.4 Å². The van der Waals surface area contributed by atoms with E-state index < -0.39 is 18.0 Å². The van der Waals surface area contributed by atoms with Crippen LogP contribution in [-0.4, -0.2) is 67.4 Å². The molecule has 8 nitrogen and oxygen atoms in total. The zero-order valence-electron chi connectivity index (χ0n) is 17.9. The molecule has 0 saturated carbocycles. The van der Waals surface area contributed by atoms with Gasteiger partial charge in [0, 0.05) is 13.1 Å². The fourth-order valence-electron chi connectivity index (χ4n) is 3.83. The highest BCUT2D eigenvalue weighted by Crippen LogP contribution is 2.19. The summed E-state index contributed by atoms with van der Waals surface area (Å²) < 4.78 is 47.8. The molecule has 1 aromatic heterocycles. The van der Waals surface area contributed by atoms with Crippen molar-refractivity contribution in [3.05, 3.63) is 47.3 Å². The molecule has 2 aromatic rings. The standard InChI is InChI=1S/C19H24FN5O.C2HF3O2/c20-16-8-3-2-7-15(16)19(26)24-11-6-12-25-17(21-22-18(25)14-24)13-23-9-4-1-5-10-23;3-2(4,5)1(6)7/h2-3,7-8H,1,4-6,9-14H2;(H,6,7). The van der Waals surface area contributed by atoms with E-state index in [4.69, 9.17) is 9.90 Å². The Morgan fingerprint density at radius 1 is 0.970 bits per heavy atom. The van der Waals surface area contributed by atoms with Gasteiger partial charge in [-0.2, -0.15) is 13.2 Å². The van der Waals surface area contributed by atoms with E-state index in [0.717, 1.165) is 44.2 Å². The minimum atomic E-state index is -5.08. The van der Waals surface area contributed by atoms with E-state index >= 15 is 0 Å². The van der Waals surface area contributed by atoms with Crippen LogP contribution >= 0.6 is 0 Å². The third kappa shape index (κ3) is 6.50. The van der Waals surface area contributed by atoms with E-state index in [1.807, 2.05) is 0 Å². The molecule has 4 rings (SSSR count). The van der Waals surface area contributed by atoms with Crippen LogP contribution in [0.2, 0.25) is 0 Å². The largest absolute Gasteiger partial charge is 0.490 e. The number of aliphatic carboxylic acids is 1. The highest BCUT2D eigenvalue weighted by atomic mass is 19.4. The van der Waals surface area contributed by atoms with Crippen LogP contribution < -0.4 is 0 Å². The second-order valence-corrected chi connectivity index (χ2v) is 7.88. The maximum Gasteiger partial charge on any atom is 0.490 e. The summed E-state index contributed by atoms with van der Waals surface area (Å²) in [5.74, 6) is -1.75. The summed E-state index contributed by atoms with van der Waals surface area (Å²) in [6.07, 6.45) is -0.475. The average molecular weight is 471 g/mol. The number of carbonyl (C=O) groups is 2. The highest BCUT2D eigenvalue weighted by Gasteiger charge is 2.38. The third-order valence-corrected chi connectivity index (χ3v) is 5.49. The molecule has 2 aliphatic heterocycles. The third-order valence-electron chi connectivity index (χ3n) is 5.49. The van der Waals surface area contributed by atoms with Crippen molar-refractivity contribution in [3.63, 3.8) is 0 Å². The summed E-state index contributed by atoms with van der Waals surface area (Å²) in [5.41, 5.74) is 0.119. The molecule has 0 bridgehead atoms. The summed E-state index contributed by atoms with van der Waals surface area (Å²) in [7, 11) is 0. The number of rotatable bonds is 3. The van der Waals surface area contributed by atoms with Gasteiger partial charge in [0.05, 0.1) is 18.7 Å². The van der Waals surface area contributed by atoms with Crippen LogP contribution in [-0.2, 0) is 24.4 Å². The molecule has 0 atom stereocenters. The zero-order chi connectivity index (χ0) is 24.0. The summed E-state index contributed by atoms with van der Waals surface area (Å²) in [6.45, 7) is 4.81. The Morgan fingerprint density at radius 3 is 2.27 bits per heavy atom. The number of amides is 1. The fourth-order valence-corrected chi connectivity index (χ4v) is 3.83. The number of benzene rings is 1. The summed E-state index contributed by atoms with van der Waals surface area (Å²) >= 11 is 0. The minimum Gasteiger partial charge on any atom is -0.475 e. The lowest BCUT2D eigenvalue weighted by molar-refractivity contribution is -0.192. The molecule has 1 fully saturated rings. The van der Waals surface area contributed by atoms with Gasteiger partial charge in [0.15, 0.2) is 5.82 Å². The van der Waals surface area contributed by atoms with Gasteiger partial charge in [0.2, 0.25) is 0 Å². The molecule has 12 heteroatoms. The number of carboxylic acids is 1. The lowest BCUT2D eigenvalue weighted by Crippen LogP contribution is -2.31. The summed E-state index contributed by atoms with van der Waals surface area (Å²) in [5, 5.41) is 15.8. The van der Waals surface area contributed by atoms with Crippen molar-refractivity contribution in [2.75, 3.05) is 19.6 Å². The predicted molar refractivity (Wildman–Crippen MR) is 109 cm³/mol. The number of piperidine rings is 1. The topological polar surface area (TPSA) is 91.6 Å². The Hall–Kier alpha value is -3.02. The number of likely N-dealkylation sites (tertiary alicyclic amines) is 1. The van der Waals surface area contributed by atoms with Gasteiger partial charge in [-0.15, -0.1) is 10.2 Å². The van der Waals surface area contributed by atoms with Crippen molar-refractivity contribution in [1.82, 2.24) is 24.6 Å². The Morgan fingerprint density at radius 2 is 1.64 bits per heavy atom. The number of nitrogens with zero attached hydrogens (tertiary/aromatic N) is 5. The number of fused-ring (bicyclic) bond motifs is 1. The van der Waals surface area contributed by atoms with Gasteiger partial charge < -0.3 is 14.6 Å². The smallest absolute Gasteiger partial charge is 0.475 e. The predicted octanol–water partition coefficient (Wildman–Crippen LogP) is 3.08. The maximum absolute atomic E-state index is 14.0. The first-order chi connectivity index (χ1) is 15.7. The minimum absolute atomic E-state index is 0.119. The number of hydrogen-bond donors (Lipinski definition) is 1. The number of carbonyl (C=O) groups excluding carboxylic acids is 1. The molecule has 1 amide bonds. The van der Waals surface area contributed by atoms with Gasteiger partial charge in [-0.3, -0.25) is 9.69 Å². The second-order valence-electron chi connectivity index (χ2n) is 7.88. The molecule has 0 aliphatic carbocycles. The average Bonchev–Trinajstić information content (AvgIpc) is 3.01. The van der Waals surface area contributed by atoms with Crippen molar-refractivity contribution in [2.45, 2.75) is 51.5 Å². The number of aromatic nitrogens is 3. The van der Waals surface area contributed by atoms with Crippen LogP contribution in [0.25, 0.3) is 0 Å². The Kier molecular flexibility index (Phi) is 8.01. The number of hydrogen-bond acceptors (Lipinski definition) is 5. The van der Waals surface area contributed by atoms with Gasteiger partial charge in [-0.25, -0.2) is 9.18 Å². The van der Waals surface area contributed by atoms with Crippen LogP contribution in [0.4, 0.5) is 17.6 Å². The molecular weight excluding hydrogens is 446 g/mol. The maximum atomic E-state index is 14.0. The van der Waals surface area contributed by atoms with Gasteiger partial charge in [-0.05, 0) is 44.5 Å². The van der Waals surface area contributed by atoms with Crippen molar-refractivity contribution >= 4 is 11.9 Å². The Balaban J connectivity index is 0.000000383. The summed E-state index contributed by atoms with van der Waals surface area (Å²) in [6, 6.07) is 6.14. The van der Waals surface area contributed by atoms with E-state index in [0.29, 0.717) is 13.1 Å². The van der Waals surface area contributed by atoms with Gasteiger partial charge >= 0.3 is 12.1 Å². The monoisotopic (exact) mass is 471 g/mol. The molecule has 0 unspecified atom stereocenters. The first kappa shape index (κ1) is 24.6. The molecule has 2 aliphatic rings. The van der Waals surface area contributed by atoms with Gasteiger partial charge in [-0.1, -0.05) is 18.6 Å². The van der Waals surface area contributed by atoms with Crippen LogP contribution in [0, 0.1) is 5.82 Å². The molecule has 180 valence electrons. The molecular formula is C21H25F4N5O3. The van der Waals surface area contributed by atoms with E-state index in [1.54, 1.807) is 17.0 Å². The molecule has 1 aromatic carbocycles. The molecule has 1 N–H and O–H groups in total. The highest BCUT2D eigenvalue weighted by molar-refractivity contribution is 5.94. The van der Waals surface area contributed by atoms with Crippen molar-refractivity contribution in [1.29, 1.82) is 0 Å². The van der Waals surface area contributed by atoms with Gasteiger partial charge in [0.1, 0.15) is 11.6 Å². The number of alkyl halides is 3. The number of halogens is 4. The first-order valence-electron chi connectivity index (χ1n) is 10.6. The molecule has 33 heavy (non-hydrogen) atoms. The molecule has 3 heterocycles. The van der Waals surface area contributed by atoms with Crippen LogP contribution in [0.15, 0.2) is 24.3 Å². The molecule has 1 saturated heterocycles. The first-order valence-corrected chi connectivity index (χ1v) is 10.6. The van der Waals surface area contributed by atoms with E-state index in [-0.39, 0.29) is 11.5 Å². The number of carboxylic acid groups (broad SMARTS) is 1. The normalized spacial score (nSPS) is 16.9. The Labute approximate surface area is 187 Å². The van der Waals surface area contributed by atoms with Crippen molar-refractivity contribution in [3.8, 4) is 0 Å². The van der Waals surface area contributed by atoms with E-state index in [2.05, 4.69) is 19.7 Å². The Bertz CT molecular complexity index is 973. The van der Waals surface area contributed by atoms with Crippen molar-refractivity contribution < 1.29 is 32.3 Å². The quantitative estimate of drug-likeness (QED) is 0.692. The second kappa shape index (κ2) is 10.7. The zero-order valence-corrected chi connectivity index (χ0v) is 17.9. The van der Waals surface area contributed by atoms with Crippen LogP contribution in [0.5, 0.6) is 0 Å². The lowest BCUT2D eigenvalue weighted by atomic mass is 10.1. The van der Waals surface area contributed by atoms with Crippen LogP contribution in [0.3, 0.4) is 0 Å². The molecule has 0 spiro atoms. The fraction of sp³-hybridized carbons (Fsp3) is 0.524.